The van der Waals surface area contributed by atoms with Crippen molar-refractivity contribution < 1.29 is 0 Å². The fraction of sp³-hybridized carbons (Fsp3) is 0.684. The van der Waals surface area contributed by atoms with Crippen LogP contribution in [0.4, 0.5) is 0 Å². The standard InChI is InChI=1S/C19H31N/c1-14-8-6-10-17(15(14)2)19(20)12-7-9-16(11-13-19)18(3,4)5/h6,8,10,16H,7,9,11-13,20H2,1-5H3. The van der Waals surface area contributed by atoms with Crippen LogP contribution < -0.4 is 5.73 Å². The third kappa shape index (κ3) is 3.09. The lowest BCUT2D eigenvalue weighted by molar-refractivity contribution is 0.210. The lowest BCUT2D eigenvalue weighted by Crippen LogP contribution is -2.37. The van der Waals surface area contributed by atoms with E-state index in [-0.39, 0.29) is 5.54 Å². The van der Waals surface area contributed by atoms with E-state index in [4.69, 9.17) is 5.73 Å². The van der Waals surface area contributed by atoms with Crippen molar-refractivity contribution in [3.05, 3.63) is 34.9 Å². The third-order valence-corrected chi connectivity index (χ3v) is 5.48. The van der Waals surface area contributed by atoms with Gasteiger partial charge in [-0.15, -0.1) is 0 Å². The van der Waals surface area contributed by atoms with Crippen LogP contribution in [-0.4, -0.2) is 0 Å². The summed E-state index contributed by atoms with van der Waals surface area (Å²) in [4.78, 5) is 0. The molecule has 2 atom stereocenters. The molecule has 2 unspecified atom stereocenters. The molecule has 1 nitrogen and oxygen atoms in total. The van der Waals surface area contributed by atoms with Gasteiger partial charge in [0.15, 0.2) is 0 Å². The summed E-state index contributed by atoms with van der Waals surface area (Å²) in [6, 6.07) is 6.61. The minimum Gasteiger partial charge on any atom is -0.321 e. The van der Waals surface area contributed by atoms with E-state index >= 15 is 0 Å². The monoisotopic (exact) mass is 273 g/mol. The second kappa shape index (κ2) is 5.52. The van der Waals surface area contributed by atoms with Gasteiger partial charge in [-0.2, -0.15) is 0 Å². The Kier molecular flexibility index (Phi) is 4.30. The Balaban J connectivity index is 2.26. The van der Waals surface area contributed by atoms with Gasteiger partial charge in [-0.3, -0.25) is 0 Å². The summed E-state index contributed by atoms with van der Waals surface area (Å²) in [5.41, 5.74) is 11.3. The van der Waals surface area contributed by atoms with Crippen LogP contribution in [0.3, 0.4) is 0 Å². The number of rotatable bonds is 1. The molecule has 0 amide bonds. The summed E-state index contributed by atoms with van der Waals surface area (Å²) < 4.78 is 0. The molecule has 1 aromatic carbocycles. The first-order valence-electron chi connectivity index (χ1n) is 8.09. The number of hydrogen-bond donors (Lipinski definition) is 1. The largest absolute Gasteiger partial charge is 0.321 e. The molecule has 1 aliphatic rings. The predicted molar refractivity (Wildman–Crippen MR) is 87.8 cm³/mol. The second-order valence-corrected chi connectivity index (χ2v) is 7.90. The van der Waals surface area contributed by atoms with Crippen molar-refractivity contribution in [1.82, 2.24) is 0 Å². The second-order valence-electron chi connectivity index (χ2n) is 7.90. The number of aryl methyl sites for hydroxylation is 1. The molecule has 1 saturated carbocycles. The van der Waals surface area contributed by atoms with E-state index in [1.165, 1.54) is 36.0 Å². The van der Waals surface area contributed by atoms with Crippen molar-refractivity contribution in [3.8, 4) is 0 Å². The average molecular weight is 273 g/mol. The molecule has 1 aromatic rings. The Morgan fingerprint density at radius 1 is 1.10 bits per heavy atom. The van der Waals surface area contributed by atoms with Crippen LogP contribution in [0.2, 0.25) is 0 Å². The molecular formula is C19H31N. The smallest absolute Gasteiger partial charge is 0.0412 e. The minimum absolute atomic E-state index is 0.115. The summed E-state index contributed by atoms with van der Waals surface area (Å²) >= 11 is 0. The van der Waals surface area contributed by atoms with Gasteiger partial charge in [0.1, 0.15) is 0 Å². The molecule has 2 N–H and O–H groups in total. The Morgan fingerprint density at radius 2 is 1.80 bits per heavy atom. The van der Waals surface area contributed by atoms with Crippen molar-refractivity contribution in [1.29, 1.82) is 0 Å². The van der Waals surface area contributed by atoms with Crippen molar-refractivity contribution in [3.63, 3.8) is 0 Å². The maximum Gasteiger partial charge on any atom is 0.0412 e. The molecule has 112 valence electrons. The van der Waals surface area contributed by atoms with Gasteiger partial charge in [0.05, 0.1) is 0 Å². The molecule has 0 saturated heterocycles. The van der Waals surface area contributed by atoms with Crippen LogP contribution in [0.1, 0.15) is 69.6 Å². The predicted octanol–water partition coefficient (Wildman–Crippen LogP) is 5.08. The first-order valence-corrected chi connectivity index (χ1v) is 8.09. The van der Waals surface area contributed by atoms with Gasteiger partial charge in [0, 0.05) is 5.54 Å². The zero-order valence-electron chi connectivity index (χ0n) is 13.9. The highest BCUT2D eigenvalue weighted by atomic mass is 14.7. The zero-order chi connectivity index (χ0) is 15.0. The highest BCUT2D eigenvalue weighted by Crippen LogP contribution is 2.43. The fourth-order valence-corrected chi connectivity index (χ4v) is 3.79. The van der Waals surface area contributed by atoms with Crippen LogP contribution in [0.5, 0.6) is 0 Å². The Morgan fingerprint density at radius 3 is 2.45 bits per heavy atom. The normalized spacial score (nSPS) is 28.2. The molecule has 1 fully saturated rings. The molecule has 0 heterocycles. The maximum atomic E-state index is 6.86. The topological polar surface area (TPSA) is 26.0 Å². The highest BCUT2D eigenvalue weighted by molar-refractivity contribution is 5.38. The Hall–Kier alpha value is -0.820. The summed E-state index contributed by atoms with van der Waals surface area (Å²) in [5.74, 6) is 0.804. The average Bonchev–Trinajstić information content (AvgIpc) is 2.55. The first-order chi connectivity index (χ1) is 9.24. The molecule has 20 heavy (non-hydrogen) atoms. The van der Waals surface area contributed by atoms with Gasteiger partial charge in [-0.25, -0.2) is 0 Å². The summed E-state index contributed by atoms with van der Waals surface area (Å²) in [6.07, 6.45) is 6.09. The lowest BCUT2D eigenvalue weighted by atomic mass is 9.75. The minimum atomic E-state index is -0.115. The third-order valence-electron chi connectivity index (χ3n) is 5.48. The summed E-state index contributed by atoms with van der Waals surface area (Å²) in [7, 11) is 0. The SMILES string of the molecule is Cc1cccc(C2(N)CCCC(C(C)(C)C)CC2)c1C. The van der Waals surface area contributed by atoms with Gasteiger partial charge < -0.3 is 5.73 Å². The number of hydrogen-bond acceptors (Lipinski definition) is 1. The van der Waals surface area contributed by atoms with Gasteiger partial charge in [0.25, 0.3) is 0 Å². The van der Waals surface area contributed by atoms with E-state index in [0.717, 1.165) is 18.8 Å². The van der Waals surface area contributed by atoms with E-state index in [2.05, 4.69) is 52.8 Å². The zero-order valence-corrected chi connectivity index (χ0v) is 13.9. The fourth-order valence-electron chi connectivity index (χ4n) is 3.79. The van der Waals surface area contributed by atoms with Crippen LogP contribution in [-0.2, 0) is 5.54 Å². The van der Waals surface area contributed by atoms with E-state index in [1.807, 2.05) is 0 Å². The number of nitrogens with two attached hydrogens (primary N) is 1. The van der Waals surface area contributed by atoms with Crippen molar-refractivity contribution >= 4 is 0 Å². The molecule has 0 radical (unpaired) electrons. The van der Waals surface area contributed by atoms with Crippen molar-refractivity contribution in [2.24, 2.45) is 17.1 Å². The van der Waals surface area contributed by atoms with Gasteiger partial charge >= 0.3 is 0 Å². The maximum absolute atomic E-state index is 6.86. The van der Waals surface area contributed by atoms with Gasteiger partial charge in [-0.1, -0.05) is 45.4 Å². The van der Waals surface area contributed by atoms with Crippen molar-refractivity contribution in [2.75, 3.05) is 0 Å². The molecule has 0 spiro atoms. The van der Waals surface area contributed by atoms with E-state index in [9.17, 15) is 0 Å². The van der Waals surface area contributed by atoms with Crippen LogP contribution in [0.25, 0.3) is 0 Å². The van der Waals surface area contributed by atoms with Gasteiger partial charge in [-0.05, 0) is 67.6 Å². The lowest BCUT2D eigenvalue weighted by Gasteiger charge is -2.33. The first kappa shape index (κ1) is 15.6. The molecule has 0 aliphatic heterocycles. The van der Waals surface area contributed by atoms with Crippen LogP contribution in [0.15, 0.2) is 18.2 Å². The van der Waals surface area contributed by atoms with E-state index in [0.29, 0.717) is 5.41 Å². The van der Waals surface area contributed by atoms with E-state index < -0.39 is 0 Å². The van der Waals surface area contributed by atoms with Crippen LogP contribution in [0, 0.1) is 25.2 Å². The molecule has 1 aliphatic carbocycles. The number of benzene rings is 1. The van der Waals surface area contributed by atoms with Crippen LogP contribution >= 0.6 is 0 Å². The Bertz CT molecular complexity index is 469. The molecule has 0 aromatic heterocycles. The molecule has 2 rings (SSSR count). The van der Waals surface area contributed by atoms with Gasteiger partial charge in [0.2, 0.25) is 0 Å². The van der Waals surface area contributed by atoms with Crippen molar-refractivity contribution in [2.45, 2.75) is 72.3 Å². The molecule has 1 heteroatoms. The quantitative estimate of drug-likeness (QED) is 0.709. The Labute approximate surface area is 125 Å². The van der Waals surface area contributed by atoms with E-state index in [1.54, 1.807) is 0 Å². The highest BCUT2D eigenvalue weighted by Gasteiger charge is 2.35. The molecular weight excluding hydrogens is 242 g/mol. The summed E-state index contributed by atoms with van der Waals surface area (Å²) in [5, 5.41) is 0. The summed E-state index contributed by atoms with van der Waals surface area (Å²) in [6.45, 7) is 11.5. The molecule has 0 bridgehead atoms.